The topological polar surface area (TPSA) is 84.0 Å². The van der Waals surface area contributed by atoms with E-state index >= 15 is 0 Å². The minimum absolute atomic E-state index is 0.00792. The van der Waals surface area contributed by atoms with E-state index in [1.807, 2.05) is 32.0 Å². The van der Waals surface area contributed by atoms with E-state index in [9.17, 15) is 0 Å². The molecule has 102 valence electrons. The Morgan fingerprint density at radius 2 is 2.00 bits per heavy atom. The van der Waals surface area contributed by atoms with Gasteiger partial charge in [0.2, 0.25) is 5.88 Å². The average Bonchev–Trinajstić information content (AvgIpc) is 2.42. The Hall–Kier alpha value is -2.74. The molecule has 20 heavy (non-hydrogen) atoms. The van der Waals surface area contributed by atoms with Crippen LogP contribution < -0.4 is 15.8 Å². The molecule has 0 bridgehead atoms. The zero-order valence-corrected chi connectivity index (χ0v) is 11.4. The van der Waals surface area contributed by atoms with Crippen molar-refractivity contribution in [2.45, 2.75) is 20.0 Å². The van der Waals surface area contributed by atoms with Crippen molar-refractivity contribution < 1.29 is 4.74 Å². The van der Waals surface area contributed by atoms with Gasteiger partial charge in [-0.3, -0.25) is 0 Å². The summed E-state index contributed by atoms with van der Waals surface area (Å²) >= 11 is 0. The molecular formula is C15H16N4O. The Morgan fingerprint density at radius 1 is 1.25 bits per heavy atom. The minimum atomic E-state index is -0.00792. The van der Waals surface area contributed by atoms with E-state index in [4.69, 9.17) is 15.7 Å². The molecule has 0 saturated heterocycles. The largest absolute Gasteiger partial charge is 0.473 e. The Balaban J connectivity index is 2.28. The number of nitrogens with two attached hydrogens (primary N) is 1. The summed E-state index contributed by atoms with van der Waals surface area (Å²) in [6.45, 7) is 3.82. The number of nitrogens with one attached hydrogen (secondary N) is 1. The maximum atomic E-state index is 9.06. The Kier molecular flexibility index (Phi) is 4.06. The number of ether oxygens (including phenoxy) is 1. The smallest absolute Gasteiger partial charge is 0.239 e. The van der Waals surface area contributed by atoms with Crippen LogP contribution in [0.15, 0.2) is 36.4 Å². The number of hydrogen-bond donors (Lipinski definition) is 2. The standard InChI is InChI=1S/C15H16N4O/c1-10(2)20-15-12(17)7-8-14(19-15)18-13-6-4-3-5-11(13)9-16/h3-8,10H,17H2,1-2H3,(H,18,19). The number of rotatable bonds is 4. The van der Waals surface area contributed by atoms with Gasteiger partial charge in [-0.25, -0.2) is 0 Å². The second kappa shape index (κ2) is 5.93. The van der Waals surface area contributed by atoms with Crippen molar-refractivity contribution in [2.75, 3.05) is 11.1 Å². The predicted molar refractivity (Wildman–Crippen MR) is 78.9 cm³/mol. The number of nitriles is 1. The summed E-state index contributed by atoms with van der Waals surface area (Å²) < 4.78 is 5.54. The van der Waals surface area contributed by atoms with Gasteiger partial charge in [0.1, 0.15) is 11.9 Å². The lowest BCUT2D eigenvalue weighted by Crippen LogP contribution is -2.09. The summed E-state index contributed by atoms with van der Waals surface area (Å²) in [4.78, 5) is 4.32. The van der Waals surface area contributed by atoms with E-state index in [1.165, 1.54) is 0 Å². The molecule has 3 N–H and O–H groups in total. The summed E-state index contributed by atoms with van der Waals surface area (Å²) in [5, 5.41) is 12.2. The van der Waals surface area contributed by atoms with Gasteiger partial charge < -0.3 is 15.8 Å². The molecule has 0 aliphatic rings. The first-order valence-corrected chi connectivity index (χ1v) is 6.29. The summed E-state index contributed by atoms with van der Waals surface area (Å²) in [5.41, 5.74) is 7.55. The second-order valence-electron chi connectivity index (χ2n) is 4.54. The van der Waals surface area contributed by atoms with Crippen LogP contribution in [0.1, 0.15) is 19.4 Å². The molecule has 0 atom stereocenters. The monoisotopic (exact) mass is 268 g/mol. The van der Waals surface area contributed by atoms with E-state index < -0.39 is 0 Å². The number of aromatic nitrogens is 1. The molecule has 0 aliphatic heterocycles. The molecule has 2 aromatic rings. The van der Waals surface area contributed by atoms with E-state index in [0.717, 1.165) is 0 Å². The molecule has 1 aromatic heterocycles. The minimum Gasteiger partial charge on any atom is -0.473 e. The van der Waals surface area contributed by atoms with E-state index in [-0.39, 0.29) is 6.10 Å². The molecule has 0 aliphatic carbocycles. The van der Waals surface area contributed by atoms with E-state index in [1.54, 1.807) is 18.2 Å². The second-order valence-corrected chi connectivity index (χ2v) is 4.54. The first-order valence-electron chi connectivity index (χ1n) is 6.29. The SMILES string of the molecule is CC(C)Oc1nc(Nc2ccccc2C#N)ccc1N. The highest BCUT2D eigenvalue weighted by Crippen LogP contribution is 2.25. The van der Waals surface area contributed by atoms with Crippen molar-refractivity contribution in [2.24, 2.45) is 0 Å². The highest BCUT2D eigenvalue weighted by atomic mass is 16.5. The molecule has 0 fully saturated rings. The fraction of sp³-hybridized carbons (Fsp3) is 0.200. The van der Waals surface area contributed by atoms with Crippen LogP contribution in [0.5, 0.6) is 5.88 Å². The van der Waals surface area contributed by atoms with Gasteiger partial charge in [0.25, 0.3) is 0 Å². The average molecular weight is 268 g/mol. The number of benzene rings is 1. The summed E-state index contributed by atoms with van der Waals surface area (Å²) in [6, 6.07) is 12.8. The summed E-state index contributed by atoms with van der Waals surface area (Å²) in [7, 11) is 0. The number of nitrogens with zero attached hydrogens (tertiary/aromatic N) is 2. The highest BCUT2D eigenvalue weighted by Gasteiger charge is 2.08. The van der Waals surface area contributed by atoms with Crippen LogP contribution in [0.3, 0.4) is 0 Å². The van der Waals surface area contributed by atoms with E-state index in [2.05, 4.69) is 16.4 Å². The third-order valence-electron chi connectivity index (χ3n) is 2.55. The molecule has 0 spiro atoms. The van der Waals surface area contributed by atoms with Crippen molar-refractivity contribution in [1.82, 2.24) is 4.98 Å². The van der Waals surface area contributed by atoms with Gasteiger partial charge >= 0.3 is 0 Å². The number of para-hydroxylation sites is 1. The molecule has 1 aromatic carbocycles. The van der Waals surface area contributed by atoms with Gasteiger partial charge in [-0.15, -0.1) is 0 Å². The third kappa shape index (κ3) is 3.18. The van der Waals surface area contributed by atoms with Crippen molar-refractivity contribution in [3.05, 3.63) is 42.0 Å². The van der Waals surface area contributed by atoms with Crippen LogP contribution in [0, 0.1) is 11.3 Å². The molecule has 0 amide bonds. The van der Waals surface area contributed by atoms with Crippen molar-refractivity contribution in [3.63, 3.8) is 0 Å². The molecule has 0 unspecified atom stereocenters. The van der Waals surface area contributed by atoms with Gasteiger partial charge in [0.05, 0.1) is 23.0 Å². The first-order chi connectivity index (χ1) is 9.60. The predicted octanol–water partition coefficient (Wildman–Crippen LogP) is 3.07. The van der Waals surface area contributed by atoms with Gasteiger partial charge in [-0.2, -0.15) is 10.2 Å². The molecule has 1 heterocycles. The van der Waals surface area contributed by atoms with Gasteiger partial charge in [0.15, 0.2) is 0 Å². The molecule has 2 rings (SSSR count). The van der Waals surface area contributed by atoms with Gasteiger partial charge in [-0.05, 0) is 38.1 Å². The number of pyridine rings is 1. The zero-order valence-electron chi connectivity index (χ0n) is 11.4. The van der Waals surface area contributed by atoms with Crippen molar-refractivity contribution >= 4 is 17.2 Å². The lowest BCUT2D eigenvalue weighted by molar-refractivity contribution is 0.234. The zero-order chi connectivity index (χ0) is 14.5. The maximum Gasteiger partial charge on any atom is 0.239 e. The van der Waals surface area contributed by atoms with Crippen LogP contribution in [0.25, 0.3) is 0 Å². The fourth-order valence-electron chi connectivity index (χ4n) is 1.67. The van der Waals surface area contributed by atoms with Crippen LogP contribution >= 0.6 is 0 Å². The number of anilines is 3. The number of nitrogen functional groups attached to an aromatic ring is 1. The highest BCUT2D eigenvalue weighted by molar-refractivity contribution is 5.66. The van der Waals surface area contributed by atoms with Crippen LogP contribution in [-0.2, 0) is 0 Å². The Bertz CT molecular complexity index is 647. The van der Waals surface area contributed by atoms with Gasteiger partial charge in [0, 0.05) is 0 Å². The van der Waals surface area contributed by atoms with Crippen LogP contribution in [0.4, 0.5) is 17.2 Å². The molecule has 0 saturated carbocycles. The quantitative estimate of drug-likeness (QED) is 0.890. The molecule has 5 heteroatoms. The van der Waals surface area contributed by atoms with Crippen molar-refractivity contribution in [3.8, 4) is 11.9 Å². The molecule has 0 radical (unpaired) electrons. The lowest BCUT2D eigenvalue weighted by Gasteiger charge is -2.13. The maximum absolute atomic E-state index is 9.06. The molecule has 5 nitrogen and oxygen atoms in total. The Labute approximate surface area is 118 Å². The third-order valence-corrected chi connectivity index (χ3v) is 2.55. The van der Waals surface area contributed by atoms with E-state index in [0.29, 0.717) is 28.6 Å². The normalized spacial score (nSPS) is 10.1. The van der Waals surface area contributed by atoms with Crippen molar-refractivity contribution in [1.29, 1.82) is 5.26 Å². The van der Waals surface area contributed by atoms with Crippen LogP contribution in [0.2, 0.25) is 0 Å². The number of hydrogen-bond acceptors (Lipinski definition) is 5. The fourth-order valence-corrected chi connectivity index (χ4v) is 1.67. The lowest BCUT2D eigenvalue weighted by atomic mass is 10.2. The first kappa shape index (κ1) is 13.7. The molecular weight excluding hydrogens is 252 g/mol. The summed E-state index contributed by atoms with van der Waals surface area (Å²) in [6.07, 6.45) is -0.00792. The van der Waals surface area contributed by atoms with Gasteiger partial charge in [-0.1, -0.05) is 12.1 Å². The summed E-state index contributed by atoms with van der Waals surface area (Å²) in [5.74, 6) is 0.969. The Morgan fingerprint density at radius 3 is 2.70 bits per heavy atom. The van der Waals surface area contributed by atoms with Crippen LogP contribution in [-0.4, -0.2) is 11.1 Å².